The molecule has 0 saturated carbocycles. The number of ether oxygens (including phenoxy) is 3. The lowest BCUT2D eigenvalue weighted by Gasteiger charge is -2.37. The van der Waals surface area contributed by atoms with E-state index >= 15 is 0 Å². The highest BCUT2D eigenvalue weighted by molar-refractivity contribution is 7.10. The quantitative estimate of drug-likeness (QED) is 0.912. The Kier molecular flexibility index (Phi) is 4.63. The predicted molar refractivity (Wildman–Crippen MR) is 95.4 cm³/mol. The number of hydrogen-bond donors (Lipinski definition) is 1. The van der Waals surface area contributed by atoms with Crippen molar-refractivity contribution in [1.82, 2.24) is 5.32 Å². The first-order chi connectivity index (χ1) is 12.3. The number of carbonyl (C=O) groups is 1. The number of carbonyl (C=O) groups excluding carboxylic acids is 1. The summed E-state index contributed by atoms with van der Waals surface area (Å²) in [6.45, 7) is 2.28. The third kappa shape index (κ3) is 3.37. The molecule has 1 N–H and O–H groups in total. The summed E-state index contributed by atoms with van der Waals surface area (Å²) in [6.07, 6.45) is 1.22. The summed E-state index contributed by atoms with van der Waals surface area (Å²) in [5.41, 5.74) is -0.0461. The minimum Gasteiger partial charge on any atom is -0.485 e. The Morgan fingerprint density at radius 2 is 1.96 bits per heavy atom. The molecule has 3 heterocycles. The van der Waals surface area contributed by atoms with Gasteiger partial charge in [0.15, 0.2) is 11.5 Å². The molecular weight excluding hydrogens is 338 g/mol. The van der Waals surface area contributed by atoms with Crippen LogP contribution in [0.4, 0.5) is 0 Å². The van der Waals surface area contributed by atoms with Crippen molar-refractivity contribution in [1.29, 1.82) is 0 Å². The summed E-state index contributed by atoms with van der Waals surface area (Å²) in [4.78, 5) is 13.9. The molecule has 1 atom stereocenters. The average molecular weight is 359 g/mol. The third-order valence-corrected chi connectivity index (χ3v) is 6.01. The van der Waals surface area contributed by atoms with E-state index in [2.05, 4.69) is 22.8 Å². The molecule has 1 fully saturated rings. The fourth-order valence-electron chi connectivity index (χ4n) is 3.37. The van der Waals surface area contributed by atoms with E-state index in [1.54, 1.807) is 11.3 Å². The Bertz CT molecular complexity index is 725. The smallest absolute Gasteiger partial charge is 0.264 e. The molecule has 1 aromatic heterocycles. The summed E-state index contributed by atoms with van der Waals surface area (Å²) in [6, 6.07) is 11.6. The van der Waals surface area contributed by atoms with Crippen LogP contribution in [0.15, 0.2) is 41.8 Å². The van der Waals surface area contributed by atoms with Crippen LogP contribution in [0.5, 0.6) is 11.5 Å². The monoisotopic (exact) mass is 359 g/mol. The van der Waals surface area contributed by atoms with E-state index in [1.165, 1.54) is 4.88 Å². The topological polar surface area (TPSA) is 56.8 Å². The van der Waals surface area contributed by atoms with Gasteiger partial charge in [0.2, 0.25) is 6.10 Å². The maximum Gasteiger partial charge on any atom is 0.264 e. The number of para-hydroxylation sites is 2. The average Bonchev–Trinajstić information content (AvgIpc) is 3.22. The fraction of sp³-hybridized carbons (Fsp3) is 0.421. The molecule has 0 aliphatic carbocycles. The first kappa shape index (κ1) is 16.4. The van der Waals surface area contributed by atoms with Gasteiger partial charge in [0.1, 0.15) is 6.61 Å². The van der Waals surface area contributed by atoms with Crippen molar-refractivity contribution in [3.8, 4) is 11.5 Å². The molecule has 2 aliphatic heterocycles. The molecular formula is C19H21NO4S. The van der Waals surface area contributed by atoms with Crippen molar-refractivity contribution in [2.45, 2.75) is 24.4 Å². The van der Waals surface area contributed by atoms with Gasteiger partial charge in [-0.2, -0.15) is 0 Å². The van der Waals surface area contributed by atoms with Gasteiger partial charge in [0.25, 0.3) is 5.91 Å². The van der Waals surface area contributed by atoms with E-state index in [1.807, 2.05) is 24.3 Å². The molecule has 4 rings (SSSR count). The summed E-state index contributed by atoms with van der Waals surface area (Å²) < 4.78 is 17.0. The van der Waals surface area contributed by atoms with Crippen molar-refractivity contribution < 1.29 is 19.0 Å². The standard InChI is InChI=1S/C19H21NO4S/c21-18(16-12-23-14-4-1-2-5-15(14)24-16)20-13-19(7-9-22-10-8-19)17-6-3-11-25-17/h1-6,11,16H,7-10,12-13H2,(H,20,21). The largest absolute Gasteiger partial charge is 0.485 e. The minimum atomic E-state index is -0.616. The van der Waals surface area contributed by atoms with Crippen LogP contribution >= 0.6 is 11.3 Å². The number of amides is 1. The molecule has 1 unspecified atom stereocenters. The van der Waals surface area contributed by atoms with Crippen molar-refractivity contribution in [2.24, 2.45) is 0 Å². The molecule has 6 heteroatoms. The Morgan fingerprint density at radius 1 is 1.16 bits per heavy atom. The second-order valence-electron chi connectivity index (χ2n) is 6.45. The lowest BCUT2D eigenvalue weighted by Crippen LogP contribution is -2.50. The lowest BCUT2D eigenvalue weighted by molar-refractivity contribution is -0.130. The first-order valence-electron chi connectivity index (χ1n) is 8.55. The molecule has 0 spiro atoms. The molecule has 1 saturated heterocycles. The molecule has 2 aliphatic rings. The van der Waals surface area contributed by atoms with Crippen LogP contribution < -0.4 is 14.8 Å². The van der Waals surface area contributed by atoms with Gasteiger partial charge in [0.05, 0.1) is 0 Å². The van der Waals surface area contributed by atoms with Crippen molar-refractivity contribution >= 4 is 17.2 Å². The molecule has 132 valence electrons. The lowest BCUT2D eigenvalue weighted by atomic mass is 9.78. The predicted octanol–water partition coefficient (Wildman–Crippen LogP) is 2.75. The summed E-state index contributed by atoms with van der Waals surface area (Å²) in [5, 5.41) is 5.18. The van der Waals surface area contributed by atoms with Crippen molar-refractivity contribution in [3.63, 3.8) is 0 Å². The minimum absolute atomic E-state index is 0.0461. The molecule has 2 aromatic rings. The zero-order valence-corrected chi connectivity index (χ0v) is 14.7. The number of hydrogen-bond acceptors (Lipinski definition) is 5. The zero-order valence-electron chi connectivity index (χ0n) is 13.9. The Balaban J connectivity index is 1.42. The fourth-order valence-corrected chi connectivity index (χ4v) is 4.36. The highest BCUT2D eigenvalue weighted by Gasteiger charge is 2.37. The summed E-state index contributed by atoms with van der Waals surface area (Å²) in [5.74, 6) is 1.18. The number of benzene rings is 1. The maximum atomic E-state index is 12.6. The molecule has 1 amide bonds. The van der Waals surface area contributed by atoms with Crippen LogP contribution in [0.1, 0.15) is 17.7 Å². The molecule has 1 aromatic carbocycles. The van der Waals surface area contributed by atoms with E-state index in [9.17, 15) is 4.79 Å². The van der Waals surface area contributed by atoms with Gasteiger partial charge >= 0.3 is 0 Å². The van der Waals surface area contributed by atoms with Crippen LogP contribution in [-0.4, -0.2) is 38.4 Å². The van der Waals surface area contributed by atoms with Gasteiger partial charge in [-0.25, -0.2) is 0 Å². The summed E-state index contributed by atoms with van der Waals surface area (Å²) in [7, 11) is 0. The zero-order chi connectivity index (χ0) is 17.1. The van der Waals surface area contributed by atoms with E-state index in [4.69, 9.17) is 14.2 Å². The van der Waals surface area contributed by atoms with Gasteiger partial charge in [0, 0.05) is 30.1 Å². The van der Waals surface area contributed by atoms with E-state index in [0.29, 0.717) is 18.0 Å². The Morgan fingerprint density at radius 3 is 2.72 bits per heavy atom. The molecule has 5 nitrogen and oxygen atoms in total. The second kappa shape index (κ2) is 7.06. The van der Waals surface area contributed by atoms with Gasteiger partial charge in [-0.3, -0.25) is 4.79 Å². The number of nitrogens with one attached hydrogen (secondary N) is 1. The van der Waals surface area contributed by atoms with Crippen LogP contribution in [0.3, 0.4) is 0 Å². The van der Waals surface area contributed by atoms with Crippen molar-refractivity contribution in [3.05, 3.63) is 46.7 Å². The SMILES string of the molecule is O=C(NCC1(c2cccs2)CCOCC1)C1COc2ccccc2O1. The summed E-state index contributed by atoms with van der Waals surface area (Å²) >= 11 is 1.74. The van der Waals surface area contributed by atoms with Crippen molar-refractivity contribution in [2.75, 3.05) is 26.4 Å². The van der Waals surface area contributed by atoms with Crippen LogP contribution in [-0.2, 0) is 14.9 Å². The highest BCUT2D eigenvalue weighted by atomic mass is 32.1. The maximum absolute atomic E-state index is 12.6. The third-order valence-electron chi connectivity index (χ3n) is 4.90. The number of rotatable bonds is 4. The molecule has 25 heavy (non-hydrogen) atoms. The number of fused-ring (bicyclic) bond motifs is 1. The molecule has 0 radical (unpaired) electrons. The normalized spacial score (nSPS) is 21.5. The Labute approximate surface area is 150 Å². The van der Waals surface area contributed by atoms with Gasteiger partial charge < -0.3 is 19.5 Å². The van der Waals surface area contributed by atoms with Gasteiger partial charge in [-0.15, -0.1) is 11.3 Å². The first-order valence-corrected chi connectivity index (χ1v) is 9.43. The number of thiophene rings is 1. The van der Waals surface area contributed by atoms with Crippen LogP contribution in [0.2, 0.25) is 0 Å². The Hall–Kier alpha value is -2.05. The van der Waals surface area contributed by atoms with E-state index < -0.39 is 6.10 Å². The van der Waals surface area contributed by atoms with Crippen LogP contribution in [0.25, 0.3) is 0 Å². The second-order valence-corrected chi connectivity index (χ2v) is 7.40. The van der Waals surface area contributed by atoms with Gasteiger partial charge in [-0.1, -0.05) is 18.2 Å². The molecule has 0 bridgehead atoms. The van der Waals surface area contributed by atoms with E-state index in [0.717, 1.165) is 26.1 Å². The van der Waals surface area contributed by atoms with Crippen LogP contribution in [0, 0.1) is 0 Å². The highest BCUT2D eigenvalue weighted by Crippen LogP contribution is 2.37. The van der Waals surface area contributed by atoms with E-state index in [-0.39, 0.29) is 17.9 Å². The van der Waals surface area contributed by atoms with Gasteiger partial charge in [-0.05, 0) is 36.4 Å².